The molecule has 8 aromatic rings. The van der Waals surface area contributed by atoms with Gasteiger partial charge in [0.1, 0.15) is 53.8 Å². The minimum atomic E-state index is -5.11. The Morgan fingerprint density at radius 3 is 1.14 bits per heavy atom. The Morgan fingerprint density at radius 2 is 0.733 bits per heavy atom. The van der Waals surface area contributed by atoms with Crippen molar-refractivity contribution in [1.29, 1.82) is 0 Å². The number of nitrogens with one attached hydrogen (secondary N) is 4. The topological polar surface area (TPSA) is 369 Å². The molecular weight excluding hydrogens is 1560 g/mol. The van der Waals surface area contributed by atoms with Crippen LogP contribution >= 0.6 is 0 Å². The normalized spacial score (nSPS) is 14.7. The van der Waals surface area contributed by atoms with E-state index in [0.717, 1.165) is 56.3 Å². The first-order chi connectivity index (χ1) is 54.4. The summed E-state index contributed by atoms with van der Waals surface area (Å²) in [4.78, 5) is 33.6. The highest BCUT2D eigenvalue weighted by molar-refractivity contribution is 7.86. The fourth-order valence-corrected chi connectivity index (χ4v) is 18.4. The van der Waals surface area contributed by atoms with E-state index in [1.807, 2.05) is 101 Å². The van der Waals surface area contributed by atoms with E-state index in [9.17, 15) is 61.5 Å². The molecule has 0 aromatic heterocycles. The number of fused-ring (bicyclic) bond motifs is 4. The van der Waals surface area contributed by atoms with Crippen molar-refractivity contribution in [3.63, 3.8) is 0 Å². The molecule has 8 aromatic carbocycles. The Hall–Kier alpha value is -11.1. The van der Waals surface area contributed by atoms with Gasteiger partial charge in [0, 0.05) is 126 Å². The summed E-state index contributed by atoms with van der Waals surface area (Å²) in [7, 11) is -20.0. The number of anilines is 6. The highest BCUT2D eigenvalue weighted by Gasteiger charge is 2.33. The predicted octanol–water partition coefficient (Wildman–Crippen LogP) is 19.3. The van der Waals surface area contributed by atoms with Crippen molar-refractivity contribution in [2.24, 2.45) is 21.8 Å². The number of aryl methyl sites for hydroxylation is 8. The fraction of sp³-hybridized carbons (Fsp3) is 0.273. The Labute approximate surface area is 673 Å². The van der Waals surface area contributed by atoms with Crippen LogP contribution in [0.3, 0.4) is 0 Å². The van der Waals surface area contributed by atoms with E-state index in [4.69, 9.17) is 28.3 Å². The predicted molar refractivity (Wildman–Crippen MR) is 450 cm³/mol. The molecule has 0 saturated heterocycles. The number of hydrogen-bond donors (Lipinski definition) is 8. The number of rotatable bonds is 20. The Morgan fingerprint density at radius 1 is 0.388 bits per heavy atom. The third-order valence-corrected chi connectivity index (χ3v) is 25.0. The van der Waals surface area contributed by atoms with Crippen LogP contribution < -0.4 is 41.5 Å². The van der Waals surface area contributed by atoms with Crippen LogP contribution in [0.5, 0.6) is 11.5 Å². The number of amides is 2. The van der Waals surface area contributed by atoms with Crippen LogP contribution in [0.15, 0.2) is 172 Å². The standard InChI is InChI=1S/C88H90N6O18S4/c1-43(2)87(95)93-81-47(7)33-45(5)79(53(81)13)89-57-25-31-61-69(37-57)111-72-42-68(76(116(106,107)108)40-66(72)77(61)63-21-17-19-23-73(63)113(97,98)99)92-84-50(10)36-52(12)86(56(84)16)110-60-29-27-59(28-30-60)109-85-51(11)35-49(9)83(55(85)15)90-58-26-32-62-70(38-58)112-71-41-67(91-80-46(6)34-48(8)82(54(80)14)94-88(96)44(3)4)75(115(103,104)105)39-65(71)78(62)64-22-18-20-24-74(64)114(100,101)102/h17-26,31-44,59-60,89-90H,27-30H2,1-16H3,(H,93,95)(H,94,96)(H,97,98,99)(H,100,101,102)(H,103,104,105)(H,106,107,108)/b91-67-,92-68-. The molecule has 2 amide bonds. The summed E-state index contributed by atoms with van der Waals surface area (Å²) in [6.45, 7) is 29.6. The molecule has 28 heteroatoms. The molecule has 13 rings (SSSR count). The van der Waals surface area contributed by atoms with Crippen molar-refractivity contribution < 1.29 is 79.8 Å². The molecule has 0 bridgehead atoms. The molecule has 8 N–H and O–H groups in total. The summed E-state index contributed by atoms with van der Waals surface area (Å²) >= 11 is 0. The molecule has 116 heavy (non-hydrogen) atoms. The van der Waals surface area contributed by atoms with Crippen LogP contribution in [0.1, 0.15) is 120 Å². The molecule has 1 saturated carbocycles. The van der Waals surface area contributed by atoms with Gasteiger partial charge < -0.3 is 39.6 Å². The van der Waals surface area contributed by atoms with Gasteiger partial charge in [0.15, 0.2) is 0 Å². The van der Waals surface area contributed by atoms with Gasteiger partial charge in [0.2, 0.25) is 11.8 Å². The third kappa shape index (κ3) is 16.5. The Kier molecular flexibility index (Phi) is 22.5. The minimum absolute atomic E-state index is 0.00637. The SMILES string of the molecule is Cc1cc(C)c(NC(=O)C(C)C)c(C)c1/N=c1/cc2oc3cc(Nc4c(C)cc(C)c(OC5CCC(Oc6c(C)cc(C)c(/N=c7/cc8oc9cc(Nc%10c(C)cc(C)c(NC(=O)C(C)C)c%10C)ccc9c(-c9ccccc9S(=O)(=O)O)c-8cc7S(=O)(=O)O)c6C)CC5)c4C)ccc3c(-c3ccccc3S(=O)(=O)O)c-2cc1S(=O)(=O)O. The quantitative estimate of drug-likeness (QED) is 0.0259. The molecule has 0 radical (unpaired) electrons. The number of carbonyl (C=O) groups excluding carboxylic acids is 2. The summed E-state index contributed by atoms with van der Waals surface area (Å²) in [6.07, 6.45) is 1.82. The summed E-state index contributed by atoms with van der Waals surface area (Å²) in [5.41, 5.74) is 14.2. The van der Waals surface area contributed by atoms with Crippen LogP contribution in [0, 0.1) is 94.9 Å². The van der Waals surface area contributed by atoms with E-state index in [0.29, 0.717) is 110 Å². The molecule has 2 aliphatic heterocycles. The van der Waals surface area contributed by atoms with E-state index < -0.39 is 60.1 Å². The first-order valence-corrected chi connectivity index (χ1v) is 43.4. The molecular formula is C88H90N6O18S4. The molecule has 24 nitrogen and oxygen atoms in total. The second-order valence-electron chi connectivity index (χ2n) is 30.7. The van der Waals surface area contributed by atoms with Crippen LogP contribution in [-0.2, 0) is 50.1 Å². The van der Waals surface area contributed by atoms with Gasteiger partial charge in [-0.1, -0.05) is 88.4 Å². The Bertz CT molecular complexity index is 6700. The van der Waals surface area contributed by atoms with Crippen molar-refractivity contribution in [1.82, 2.24) is 0 Å². The molecule has 0 atom stereocenters. The summed E-state index contributed by atoms with van der Waals surface area (Å²) in [6, 6.07) is 34.4. The lowest BCUT2D eigenvalue weighted by Crippen LogP contribution is -2.30. The van der Waals surface area contributed by atoms with E-state index in [2.05, 4.69) is 21.3 Å². The van der Waals surface area contributed by atoms with E-state index >= 15 is 0 Å². The van der Waals surface area contributed by atoms with Crippen molar-refractivity contribution in [2.45, 2.75) is 168 Å². The highest BCUT2D eigenvalue weighted by atomic mass is 32.2. The van der Waals surface area contributed by atoms with Crippen molar-refractivity contribution >= 4 is 120 Å². The summed E-state index contributed by atoms with van der Waals surface area (Å²) < 4.78 is 178. The average molecular weight is 1650 g/mol. The van der Waals surface area contributed by atoms with Gasteiger partial charge in [-0.2, -0.15) is 33.7 Å². The maximum Gasteiger partial charge on any atom is 0.296 e. The minimum Gasteiger partial charge on any atom is -0.490 e. The largest absolute Gasteiger partial charge is 0.490 e. The van der Waals surface area contributed by atoms with Gasteiger partial charge in [-0.15, -0.1) is 0 Å². The summed E-state index contributed by atoms with van der Waals surface area (Å²) in [5, 5.41) is 13.3. The lowest BCUT2D eigenvalue weighted by molar-refractivity contribution is -0.119. The van der Waals surface area contributed by atoms with Gasteiger partial charge in [-0.25, -0.2) is 9.98 Å². The average Bonchev–Trinajstić information content (AvgIpc) is 0.735. The third-order valence-electron chi connectivity index (χ3n) is 21.4. The fourth-order valence-electron chi connectivity index (χ4n) is 15.8. The van der Waals surface area contributed by atoms with Crippen molar-refractivity contribution in [3.8, 4) is 56.4 Å². The maximum atomic E-state index is 13.8. The first kappa shape index (κ1) is 82.9. The number of hydrogen-bond acceptors (Lipinski definition) is 18. The zero-order chi connectivity index (χ0) is 84.0. The zero-order valence-electron chi connectivity index (χ0n) is 66.9. The second-order valence-corrected chi connectivity index (χ2v) is 36.3. The molecule has 3 aliphatic carbocycles. The maximum absolute atomic E-state index is 13.8. The van der Waals surface area contributed by atoms with Crippen LogP contribution in [0.25, 0.3) is 66.8 Å². The number of nitrogens with zero attached hydrogens (tertiary/aromatic N) is 2. The molecule has 1 fully saturated rings. The van der Waals surface area contributed by atoms with Gasteiger partial charge in [-0.05, 0) is 213 Å². The van der Waals surface area contributed by atoms with E-state index in [1.54, 1.807) is 82.3 Å². The Balaban J connectivity index is 0.811. The first-order valence-electron chi connectivity index (χ1n) is 37.6. The van der Waals surface area contributed by atoms with Crippen LogP contribution in [0.2, 0.25) is 0 Å². The molecule has 0 unspecified atom stereocenters. The van der Waals surface area contributed by atoms with Crippen molar-refractivity contribution in [2.75, 3.05) is 21.3 Å². The molecule has 0 spiro atoms. The molecule has 2 heterocycles. The van der Waals surface area contributed by atoms with Gasteiger partial charge >= 0.3 is 0 Å². The van der Waals surface area contributed by atoms with Crippen LogP contribution in [0.4, 0.5) is 45.5 Å². The highest BCUT2D eigenvalue weighted by Crippen LogP contribution is 2.49. The van der Waals surface area contributed by atoms with Crippen molar-refractivity contribution in [3.05, 3.63) is 211 Å². The van der Waals surface area contributed by atoms with Gasteiger partial charge in [-0.3, -0.25) is 27.8 Å². The molecule has 604 valence electrons. The smallest absolute Gasteiger partial charge is 0.296 e. The van der Waals surface area contributed by atoms with E-state index in [-0.39, 0.29) is 103 Å². The monoisotopic (exact) mass is 1650 g/mol. The lowest BCUT2D eigenvalue weighted by Gasteiger charge is -2.32. The zero-order valence-corrected chi connectivity index (χ0v) is 70.1. The lowest BCUT2D eigenvalue weighted by atomic mass is 9.93. The van der Waals surface area contributed by atoms with Gasteiger partial charge in [0.05, 0.1) is 34.3 Å². The second kappa shape index (κ2) is 31.5. The number of benzene rings is 10. The molecule has 5 aliphatic rings. The summed E-state index contributed by atoms with van der Waals surface area (Å²) in [5.74, 6) is 0.224. The number of ether oxygens (including phenoxy) is 2. The number of carbonyl (C=O) groups is 2. The van der Waals surface area contributed by atoms with Crippen LogP contribution in [-0.4, -0.2) is 75.9 Å². The van der Waals surface area contributed by atoms with E-state index in [1.165, 1.54) is 54.6 Å². The van der Waals surface area contributed by atoms with Gasteiger partial charge in [0.25, 0.3) is 40.5 Å².